The van der Waals surface area contributed by atoms with Gasteiger partial charge in [-0.25, -0.2) is 13.8 Å². The molecule has 2 aromatic heterocycles. The van der Waals surface area contributed by atoms with Gasteiger partial charge >= 0.3 is 0 Å². The summed E-state index contributed by atoms with van der Waals surface area (Å²) >= 11 is 2.88. The third-order valence-electron chi connectivity index (χ3n) is 4.27. The first-order valence-electron chi connectivity index (χ1n) is 9.30. The van der Waals surface area contributed by atoms with Crippen LogP contribution >= 0.6 is 23.1 Å². The van der Waals surface area contributed by atoms with Gasteiger partial charge < -0.3 is 5.32 Å². The van der Waals surface area contributed by atoms with Crippen molar-refractivity contribution >= 4 is 45.0 Å². The molecule has 5 nitrogen and oxygen atoms in total. The predicted octanol–water partition coefficient (Wildman–Crippen LogP) is 5.58. The minimum atomic E-state index is -0.386. The maximum absolute atomic E-state index is 14.0. The number of carbonyl (C=O) groups is 1. The predicted molar refractivity (Wildman–Crippen MR) is 116 cm³/mol. The summed E-state index contributed by atoms with van der Waals surface area (Å²) in [6.07, 6.45) is 1.01. The van der Waals surface area contributed by atoms with Crippen molar-refractivity contribution in [2.75, 3.05) is 11.1 Å². The number of nitrogens with zero attached hydrogens (tertiary/aromatic N) is 3. The lowest BCUT2D eigenvalue weighted by atomic mass is 10.3. The molecule has 1 N–H and O–H groups in total. The normalized spacial score (nSPS) is 11.2. The van der Waals surface area contributed by atoms with Crippen molar-refractivity contribution in [1.82, 2.24) is 14.8 Å². The van der Waals surface area contributed by atoms with E-state index in [2.05, 4.69) is 15.4 Å². The Morgan fingerprint density at radius 2 is 2.00 bits per heavy atom. The van der Waals surface area contributed by atoms with Gasteiger partial charge in [0.25, 0.3) is 0 Å². The second-order valence-corrected chi connectivity index (χ2v) is 8.80. The van der Waals surface area contributed by atoms with E-state index in [4.69, 9.17) is 0 Å². The molecular formula is C21H18F2N4OS2. The number of hydrogen-bond acceptors (Lipinski definition) is 5. The van der Waals surface area contributed by atoms with E-state index in [0.717, 1.165) is 16.3 Å². The van der Waals surface area contributed by atoms with Crippen LogP contribution in [0.15, 0.2) is 53.4 Å². The van der Waals surface area contributed by atoms with Gasteiger partial charge in [-0.05, 0) is 55.5 Å². The molecule has 0 radical (unpaired) electrons. The highest BCUT2D eigenvalue weighted by molar-refractivity contribution is 7.99. The molecule has 0 bridgehead atoms. The highest BCUT2D eigenvalue weighted by atomic mass is 32.2. The fourth-order valence-corrected chi connectivity index (χ4v) is 4.69. The Hall–Kier alpha value is -2.78. The fourth-order valence-electron chi connectivity index (χ4n) is 2.89. The van der Waals surface area contributed by atoms with Crippen LogP contribution in [-0.4, -0.2) is 26.4 Å². The standard InChI is InChI=1S/C21H18F2N4OS2/c1-13-12-18(24-19(28)6-3-11-29-15-9-7-14(22)8-10-15)27(26-13)21-25-20-16(23)4-2-5-17(20)30-21/h2,4-5,7-10,12H,3,6,11H2,1H3,(H,24,28). The maximum Gasteiger partial charge on any atom is 0.225 e. The van der Waals surface area contributed by atoms with E-state index in [-0.39, 0.29) is 17.5 Å². The Labute approximate surface area is 180 Å². The molecule has 0 aliphatic rings. The molecule has 0 saturated heterocycles. The van der Waals surface area contributed by atoms with Crippen LogP contribution in [0, 0.1) is 18.6 Å². The number of amides is 1. The van der Waals surface area contributed by atoms with Gasteiger partial charge in [0, 0.05) is 17.4 Å². The number of rotatable bonds is 7. The molecule has 9 heteroatoms. The van der Waals surface area contributed by atoms with E-state index in [1.807, 2.05) is 6.92 Å². The lowest BCUT2D eigenvalue weighted by molar-refractivity contribution is -0.116. The second-order valence-electron chi connectivity index (χ2n) is 6.62. The first kappa shape index (κ1) is 20.5. The molecule has 2 aromatic carbocycles. The first-order chi connectivity index (χ1) is 14.5. The number of hydrogen-bond donors (Lipinski definition) is 1. The molecule has 4 aromatic rings. The first-order valence-corrected chi connectivity index (χ1v) is 11.1. The molecule has 0 aliphatic carbocycles. The smallest absolute Gasteiger partial charge is 0.225 e. The molecule has 1 amide bonds. The number of halogens is 2. The van der Waals surface area contributed by atoms with Crippen LogP contribution in [0.5, 0.6) is 0 Å². The van der Waals surface area contributed by atoms with Crippen molar-refractivity contribution in [1.29, 1.82) is 0 Å². The van der Waals surface area contributed by atoms with Crippen molar-refractivity contribution in [3.8, 4) is 5.13 Å². The zero-order chi connectivity index (χ0) is 21.1. The van der Waals surface area contributed by atoms with E-state index in [1.165, 1.54) is 34.2 Å². The van der Waals surface area contributed by atoms with Gasteiger partial charge in [0.05, 0.1) is 10.4 Å². The van der Waals surface area contributed by atoms with Crippen LogP contribution < -0.4 is 5.32 Å². The van der Waals surface area contributed by atoms with Crippen molar-refractivity contribution in [2.24, 2.45) is 0 Å². The Kier molecular flexibility index (Phi) is 6.10. The van der Waals surface area contributed by atoms with E-state index in [9.17, 15) is 13.6 Å². The summed E-state index contributed by atoms with van der Waals surface area (Å²) < 4.78 is 29.2. The number of nitrogens with one attached hydrogen (secondary N) is 1. The average molecular weight is 445 g/mol. The molecule has 0 saturated carbocycles. The lowest BCUT2D eigenvalue weighted by Crippen LogP contribution is -2.14. The van der Waals surface area contributed by atoms with Crippen molar-refractivity contribution < 1.29 is 13.6 Å². The van der Waals surface area contributed by atoms with Crippen LogP contribution in [0.2, 0.25) is 0 Å². The number of carbonyl (C=O) groups excluding carboxylic acids is 1. The molecular weight excluding hydrogens is 426 g/mol. The minimum Gasteiger partial charge on any atom is -0.311 e. The zero-order valence-electron chi connectivity index (χ0n) is 16.1. The van der Waals surface area contributed by atoms with Crippen molar-refractivity contribution in [2.45, 2.75) is 24.7 Å². The highest BCUT2D eigenvalue weighted by Crippen LogP contribution is 2.28. The van der Waals surface area contributed by atoms with E-state index < -0.39 is 0 Å². The zero-order valence-corrected chi connectivity index (χ0v) is 17.7. The minimum absolute atomic E-state index is 0.136. The summed E-state index contributed by atoms with van der Waals surface area (Å²) in [6.45, 7) is 1.82. The molecule has 0 aliphatic heterocycles. The van der Waals surface area contributed by atoms with E-state index in [0.29, 0.717) is 34.0 Å². The van der Waals surface area contributed by atoms with Gasteiger partial charge in [0.1, 0.15) is 23.0 Å². The van der Waals surface area contributed by atoms with Crippen LogP contribution in [-0.2, 0) is 4.79 Å². The summed E-state index contributed by atoms with van der Waals surface area (Å²) in [4.78, 5) is 17.7. The summed E-state index contributed by atoms with van der Waals surface area (Å²) in [6, 6.07) is 12.9. The Bertz CT molecular complexity index is 1190. The molecule has 0 unspecified atom stereocenters. The van der Waals surface area contributed by atoms with Crippen LogP contribution in [0.4, 0.5) is 14.6 Å². The van der Waals surface area contributed by atoms with Crippen LogP contribution in [0.3, 0.4) is 0 Å². The molecule has 154 valence electrons. The summed E-state index contributed by atoms with van der Waals surface area (Å²) in [5, 5.41) is 7.76. The molecule has 2 heterocycles. The number of anilines is 1. The monoisotopic (exact) mass is 444 g/mol. The lowest BCUT2D eigenvalue weighted by Gasteiger charge is -2.06. The number of benzene rings is 2. The number of fused-ring (bicyclic) bond motifs is 1. The second kappa shape index (κ2) is 8.93. The van der Waals surface area contributed by atoms with Crippen LogP contribution in [0.1, 0.15) is 18.5 Å². The number of para-hydroxylation sites is 1. The number of aromatic nitrogens is 3. The van der Waals surface area contributed by atoms with Crippen molar-refractivity contribution in [3.05, 3.63) is 65.9 Å². The summed E-state index contributed by atoms with van der Waals surface area (Å²) in [7, 11) is 0. The Morgan fingerprint density at radius 1 is 1.20 bits per heavy atom. The summed E-state index contributed by atoms with van der Waals surface area (Å²) in [5.41, 5.74) is 1.01. The van der Waals surface area contributed by atoms with Gasteiger partial charge in [-0.3, -0.25) is 4.79 Å². The van der Waals surface area contributed by atoms with Gasteiger partial charge in [-0.15, -0.1) is 11.8 Å². The van der Waals surface area contributed by atoms with E-state index >= 15 is 0 Å². The van der Waals surface area contributed by atoms with E-state index in [1.54, 1.807) is 42.1 Å². The molecule has 0 atom stereocenters. The Morgan fingerprint density at radius 3 is 2.77 bits per heavy atom. The van der Waals surface area contributed by atoms with Gasteiger partial charge in [-0.2, -0.15) is 9.78 Å². The molecule has 0 fully saturated rings. The molecule has 4 rings (SSSR count). The quantitative estimate of drug-likeness (QED) is 0.299. The third-order valence-corrected chi connectivity index (χ3v) is 6.36. The highest BCUT2D eigenvalue weighted by Gasteiger charge is 2.15. The largest absolute Gasteiger partial charge is 0.311 e. The van der Waals surface area contributed by atoms with Crippen LogP contribution in [0.25, 0.3) is 15.3 Å². The topological polar surface area (TPSA) is 59.8 Å². The number of thiazole rings is 1. The SMILES string of the molecule is Cc1cc(NC(=O)CCCSc2ccc(F)cc2)n(-c2nc3c(F)cccc3s2)n1. The average Bonchev–Trinajstić information content (AvgIpc) is 3.31. The van der Waals surface area contributed by atoms with Gasteiger partial charge in [0.15, 0.2) is 0 Å². The van der Waals surface area contributed by atoms with Gasteiger partial charge in [0.2, 0.25) is 11.0 Å². The van der Waals surface area contributed by atoms with Crippen molar-refractivity contribution in [3.63, 3.8) is 0 Å². The summed E-state index contributed by atoms with van der Waals surface area (Å²) in [5.74, 6) is 0.463. The fraction of sp³-hybridized carbons (Fsp3) is 0.190. The third kappa shape index (κ3) is 4.68. The van der Waals surface area contributed by atoms with Gasteiger partial charge in [-0.1, -0.05) is 17.4 Å². The number of aryl methyl sites for hydroxylation is 1. The number of thioether (sulfide) groups is 1. The molecule has 0 spiro atoms. The maximum atomic E-state index is 14.0. The Balaban J connectivity index is 1.39. The molecule has 30 heavy (non-hydrogen) atoms.